The zero-order chi connectivity index (χ0) is 4.50. The number of halogens is 1. The molecule has 0 aliphatic rings. The van der Waals surface area contributed by atoms with Gasteiger partial charge < -0.3 is 0 Å². The van der Waals surface area contributed by atoms with Crippen LogP contribution in [0, 0.1) is 0 Å². The number of rotatable bonds is 0. The molecule has 0 heterocycles. The Labute approximate surface area is 32.3 Å². The zero-order valence-electron chi connectivity index (χ0n) is 2.05. The van der Waals surface area contributed by atoms with E-state index in [4.69, 9.17) is 9.68 Å². The first-order valence-corrected chi connectivity index (χ1v) is 4.50. The molecule has 0 spiro atoms. The molecule has 0 saturated heterocycles. The van der Waals surface area contributed by atoms with Crippen molar-refractivity contribution < 1.29 is 12.6 Å². The first-order valence-electron chi connectivity index (χ1n) is 0.670. The molecule has 3 nitrogen and oxygen atoms in total. The van der Waals surface area contributed by atoms with E-state index in [1.165, 1.54) is 0 Å². The molecule has 0 aliphatic heterocycles. The Bertz CT molecular complexity index is 90.1. The first kappa shape index (κ1) is 5.28. The molecule has 0 bridgehead atoms. The van der Waals surface area contributed by atoms with Gasteiger partial charge in [0.25, 0.3) is 0 Å². The molecular weight excluding hydrogens is 195 g/mol. The molecule has 0 amide bonds. The Balaban J connectivity index is 4.06. The second kappa shape index (κ2) is 1.17. The minimum atomic E-state index is -6.02. The van der Waals surface area contributed by atoms with Crippen molar-refractivity contribution in [1.29, 1.82) is 0 Å². The Morgan fingerprint density at radius 2 is 1.60 bits per heavy atom. The third-order valence-corrected chi connectivity index (χ3v) is 0. The van der Waals surface area contributed by atoms with Gasteiger partial charge in [0, 0.05) is 0 Å². The molecule has 0 saturated carbocycles. The maximum atomic E-state index is 10.3. The first-order chi connectivity index (χ1) is 2.00. The molecule has 32 valence electrons. The van der Waals surface area contributed by atoms with E-state index in [9.17, 15) is 2.89 Å². The van der Waals surface area contributed by atoms with Crippen molar-refractivity contribution in [3.63, 3.8) is 0 Å². The van der Waals surface area contributed by atoms with Crippen LogP contribution in [0.15, 0.2) is 0 Å². The molecule has 0 aromatic rings. The van der Waals surface area contributed by atoms with Crippen LogP contribution in [0.3, 0.4) is 0 Å². The molecule has 5 heavy (non-hydrogen) atoms. The van der Waals surface area contributed by atoms with Crippen molar-refractivity contribution in [1.82, 2.24) is 0 Å². The summed E-state index contributed by atoms with van der Waals surface area (Å²) in [5.74, 6) is 0. The molecular formula is HFO3Te. The summed E-state index contributed by atoms with van der Waals surface area (Å²) in [4.78, 5) is 0. The SMILES string of the molecule is O=[Te](=O)(O)F. The normalized spacial score (nSPS) is 11.6. The molecule has 0 aromatic heterocycles. The van der Waals surface area contributed by atoms with Crippen molar-refractivity contribution in [2.45, 2.75) is 0 Å². The van der Waals surface area contributed by atoms with E-state index >= 15 is 0 Å². The van der Waals surface area contributed by atoms with E-state index in [2.05, 4.69) is 0 Å². The Hall–Kier alpha value is 0.280. The summed E-state index contributed by atoms with van der Waals surface area (Å²) in [5.41, 5.74) is 0. The average Bonchev–Trinajstić information content (AvgIpc) is 0.722. The van der Waals surface area contributed by atoms with Crippen molar-refractivity contribution in [3.8, 4) is 0 Å². The van der Waals surface area contributed by atoms with Gasteiger partial charge in [0.15, 0.2) is 0 Å². The molecule has 0 fully saturated rings. The standard InChI is InChI=1S/FHO3Te/c1-5(2,3)4/h(H,2,3,4). The summed E-state index contributed by atoms with van der Waals surface area (Å²) in [7, 11) is 0. The van der Waals surface area contributed by atoms with Crippen LogP contribution in [-0.4, -0.2) is 22.6 Å². The molecule has 1 N–H and O–H groups in total. The van der Waals surface area contributed by atoms with Gasteiger partial charge in [-0.1, -0.05) is 0 Å². The molecule has 0 aromatic carbocycles. The van der Waals surface area contributed by atoms with Gasteiger partial charge in [-0.25, -0.2) is 0 Å². The molecule has 5 heteroatoms. The van der Waals surface area contributed by atoms with Gasteiger partial charge in [-0.2, -0.15) is 0 Å². The molecule has 0 rings (SSSR count). The van der Waals surface area contributed by atoms with E-state index in [0.717, 1.165) is 0 Å². The minimum absolute atomic E-state index is 6.02. The average molecular weight is 196 g/mol. The van der Waals surface area contributed by atoms with E-state index in [-0.39, 0.29) is 0 Å². The van der Waals surface area contributed by atoms with Crippen LogP contribution in [0.1, 0.15) is 0 Å². The second-order valence-electron chi connectivity index (χ2n) is 0.412. The van der Waals surface area contributed by atoms with Crippen LogP contribution in [0.25, 0.3) is 0 Å². The van der Waals surface area contributed by atoms with Gasteiger partial charge in [-0.3, -0.25) is 0 Å². The summed E-state index contributed by atoms with van der Waals surface area (Å²) in [6, 6.07) is 0. The fourth-order valence-electron chi connectivity index (χ4n) is 0. The van der Waals surface area contributed by atoms with Crippen molar-refractivity contribution in [2.24, 2.45) is 0 Å². The van der Waals surface area contributed by atoms with Crippen molar-refractivity contribution in [2.75, 3.05) is 0 Å². The fraction of sp³-hybridized carbons (Fsp3) is 0. The van der Waals surface area contributed by atoms with Crippen LogP contribution in [0.2, 0.25) is 0 Å². The molecule has 0 unspecified atom stereocenters. The van der Waals surface area contributed by atoms with Crippen molar-refractivity contribution >= 4 is 19.1 Å². The number of hydrogen-bond acceptors (Lipinski definition) is 2. The van der Waals surface area contributed by atoms with E-state index < -0.39 is 19.1 Å². The van der Waals surface area contributed by atoms with E-state index in [1.54, 1.807) is 0 Å². The third kappa shape index (κ3) is 284. The van der Waals surface area contributed by atoms with Gasteiger partial charge in [0.1, 0.15) is 0 Å². The summed E-state index contributed by atoms with van der Waals surface area (Å²) < 4.78 is 34.5. The van der Waals surface area contributed by atoms with Gasteiger partial charge in [-0.05, 0) is 0 Å². The van der Waals surface area contributed by atoms with Crippen LogP contribution in [0.5, 0.6) is 0 Å². The third-order valence-electron chi connectivity index (χ3n) is 0. The summed E-state index contributed by atoms with van der Waals surface area (Å²) >= 11 is -6.02. The predicted octanol–water partition coefficient (Wildman–Crippen LogP) is -0.755. The van der Waals surface area contributed by atoms with E-state index in [1.807, 2.05) is 0 Å². The second-order valence-corrected chi connectivity index (χ2v) is 2.76. The van der Waals surface area contributed by atoms with Gasteiger partial charge >= 0.3 is 31.7 Å². The zero-order valence-corrected chi connectivity index (χ0v) is 4.38. The molecule has 0 aliphatic carbocycles. The quantitative estimate of drug-likeness (QED) is 0.518. The van der Waals surface area contributed by atoms with Crippen molar-refractivity contribution in [3.05, 3.63) is 0 Å². The summed E-state index contributed by atoms with van der Waals surface area (Å²) in [6.07, 6.45) is 0. The van der Waals surface area contributed by atoms with Gasteiger partial charge in [0.2, 0.25) is 0 Å². The summed E-state index contributed by atoms with van der Waals surface area (Å²) in [6.45, 7) is 0. The Kier molecular flexibility index (Phi) is 1.23. The van der Waals surface area contributed by atoms with Gasteiger partial charge in [0.05, 0.1) is 0 Å². The Morgan fingerprint density at radius 3 is 1.60 bits per heavy atom. The fourth-order valence-corrected chi connectivity index (χ4v) is 0. The van der Waals surface area contributed by atoms with E-state index in [0.29, 0.717) is 0 Å². The summed E-state index contributed by atoms with van der Waals surface area (Å²) in [5, 5.41) is 0. The Morgan fingerprint density at radius 1 is 1.60 bits per heavy atom. The monoisotopic (exact) mass is 198 g/mol. The predicted molar refractivity (Wildman–Crippen MR) is 10.5 cm³/mol. The van der Waals surface area contributed by atoms with Crippen LogP contribution in [0.4, 0.5) is 2.89 Å². The van der Waals surface area contributed by atoms with Crippen LogP contribution < -0.4 is 0 Å². The number of hydrogen-bond donors (Lipinski definition) is 1. The molecule has 0 radical (unpaired) electrons. The van der Waals surface area contributed by atoms with Crippen LogP contribution in [-0.2, 0) is 6.21 Å². The molecule has 0 atom stereocenters. The van der Waals surface area contributed by atoms with Crippen LogP contribution >= 0.6 is 0 Å². The topological polar surface area (TPSA) is 54.4 Å². The maximum absolute atomic E-state index is 10.3. The van der Waals surface area contributed by atoms with Gasteiger partial charge in [-0.15, -0.1) is 0 Å².